The molecule has 0 atom stereocenters. The summed E-state index contributed by atoms with van der Waals surface area (Å²) >= 11 is 17.2. The van der Waals surface area contributed by atoms with Gasteiger partial charge in [-0.05, 0) is 34.5 Å². The van der Waals surface area contributed by atoms with Crippen molar-refractivity contribution in [3.63, 3.8) is 0 Å². The van der Waals surface area contributed by atoms with Crippen molar-refractivity contribution in [2.24, 2.45) is 4.99 Å². The van der Waals surface area contributed by atoms with E-state index in [1.165, 1.54) is 0 Å². The van der Waals surface area contributed by atoms with Gasteiger partial charge in [-0.1, -0.05) is 35.0 Å². The van der Waals surface area contributed by atoms with Crippen LogP contribution >= 0.6 is 50.9 Å². The van der Waals surface area contributed by atoms with Crippen LogP contribution in [0, 0.1) is 0 Å². The highest BCUT2D eigenvalue weighted by molar-refractivity contribution is 9.10. The van der Waals surface area contributed by atoms with Crippen molar-refractivity contribution in [1.29, 1.82) is 0 Å². The van der Waals surface area contributed by atoms with E-state index in [9.17, 15) is 0 Å². The van der Waals surface area contributed by atoms with Crippen LogP contribution in [0.15, 0.2) is 21.6 Å². The van der Waals surface area contributed by atoms with Gasteiger partial charge in [0.25, 0.3) is 0 Å². The van der Waals surface area contributed by atoms with Gasteiger partial charge in [-0.25, -0.2) is 0 Å². The monoisotopic (exact) mass is 338 g/mol. The highest BCUT2D eigenvalue weighted by Gasteiger charge is 2.11. The van der Waals surface area contributed by atoms with Crippen LogP contribution in [0.2, 0.25) is 10.0 Å². The summed E-state index contributed by atoms with van der Waals surface area (Å²) in [5.74, 6) is 1.09. The number of aliphatic imine (C=N–C) groups is 1. The molecular formula is C10H9BrCl2N2S. The van der Waals surface area contributed by atoms with Gasteiger partial charge in [0.1, 0.15) is 0 Å². The lowest BCUT2D eigenvalue weighted by molar-refractivity contribution is 0.938. The Kier molecular flexibility index (Phi) is 4.41. The molecule has 0 saturated heterocycles. The molecule has 0 saturated carbocycles. The van der Waals surface area contributed by atoms with Gasteiger partial charge in [0.05, 0.1) is 15.7 Å². The van der Waals surface area contributed by atoms with E-state index in [4.69, 9.17) is 23.2 Å². The number of amidine groups is 1. The van der Waals surface area contributed by atoms with Crippen LogP contribution in [0.25, 0.3) is 0 Å². The van der Waals surface area contributed by atoms with Crippen LogP contribution in [0.5, 0.6) is 0 Å². The Bertz CT molecular complexity index is 437. The lowest BCUT2D eigenvalue weighted by Crippen LogP contribution is -2.13. The lowest BCUT2D eigenvalue weighted by Gasteiger charge is -2.15. The topological polar surface area (TPSA) is 24.4 Å². The number of thioether (sulfide) groups is 1. The maximum atomic E-state index is 6.13. The van der Waals surface area contributed by atoms with Crippen molar-refractivity contribution in [3.05, 3.63) is 26.7 Å². The number of hydrogen-bond donors (Lipinski definition) is 1. The molecular weight excluding hydrogens is 331 g/mol. The third-order valence-corrected chi connectivity index (χ3v) is 4.84. The zero-order valence-corrected chi connectivity index (χ0v) is 12.2. The van der Waals surface area contributed by atoms with Gasteiger partial charge < -0.3 is 5.32 Å². The molecule has 0 bridgehead atoms. The molecule has 0 radical (unpaired) electrons. The van der Waals surface area contributed by atoms with Crippen LogP contribution in [0.3, 0.4) is 0 Å². The second-order valence-corrected chi connectivity index (χ2v) is 5.93. The summed E-state index contributed by atoms with van der Waals surface area (Å²) in [4.78, 5) is 4.37. The largest absolute Gasteiger partial charge is 0.334 e. The molecule has 1 heterocycles. The predicted octanol–water partition coefficient (Wildman–Crippen LogP) is 4.66. The van der Waals surface area contributed by atoms with E-state index in [1.807, 2.05) is 12.1 Å². The van der Waals surface area contributed by atoms with Crippen LogP contribution in [-0.4, -0.2) is 17.5 Å². The number of halogens is 3. The van der Waals surface area contributed by atoms with E-state index in [1.54, 1.807) is 11.8 Å². The van der Waals surface area contributed by atoms with Gasteiger partial charge in [0.15, 0.2) is 5.17 Å². The Labute approximate surface area is 117 Å². The van der Waals surface area contributed by atoms with Gasteiger partial charge in [-0.2, -0.15) is 0 Å². The van der Waals surface area contributed by atoms with Crippen molar-refractivity contribution >= 4 is 61.7 Å². The summed E-state index contributed by atoms with van der Waals surface area (Å²) in [7, 11) is 0. The minimum absolute atomic E-state index is 0.518. The molecule has 86 valence electrons. The molecule has 2 rings (SSSR count). The lowest BCUT2D eigenvalue weighted by atomic mass is 10.3. The van der Waals surface area contributed by atoms with Crippen molar-refractivity contribution in [3.8, 4) is 0 Å². The maximum Gasteiger partial charge on any atom is 0.161 e. The zero-order chi connectivity index (χ0) is 11.5. The average Bonchev–Trinajstić information content (AvgIpc) is 2.31. The van der Waals surface area contributed by atoms with Crippen LogP contribution in [0.1, 0.15) is 6.42 Å². The summed E-state index contributed by atoms with van der Waals surface area (Å²) in [5.41, 5.74) is 0.794. The summed E-state index contributed by atoms with van der Waals surface area (Å²) in [6.07, 6.45) is 1.13. The minimum atomic E-state index is 0.518. The van der Waals surface area contributed by atoms with E-state index in [0.29, 0.717) is 10.0 Å². The summed E-state index contributed by atoms with van der Waals surface area (Å²) < 4.78 is 0.794. The Balaban J connectivity index is 2.21. The summed E-state index contributed by atoms with van der Waals surface area (Å²) in [6, 6.07) is 3.75. The SMILES string of the molecule is Clc1c(Br)ccc(NC2=NCCCS2)c1Cl. The maximum absolute atomic E-state index is 6.13. The fourth-order valence-electron chi connectivity index (χ4n) is 1.27. The number of rotatable bonds is 1. The molecule has 1 aliphatic rings. The zero-order valence-electron chi connectivity index (χ0n) is 8.27. The number of hydrogen-bond acceptors (Lipinski definition) is 3. The van der Waals surface area contributed by atoms with Gasteiger partial charge in [0.2, 0.25) is 0 Å². The molecule has 1 aromatic carbocycles. The first-order chi connectivity index (χ1) is 7.68. The first-order valence-electron chi connectivity index (χ1n) is 4.76. The minimum Gasteiger partial charge on any atom is -0.334 e. The van der Waals surface area contributed by atoms with E-state index in [0.717, 1.165) is 34.0 Å². The highest BCUT2D eigenvalue weighted by atomic mass is 79.9. The molecule has 2 nitrogen and oxygen atoms in total. The Hall–Kier alpha value is 0.1000. The second-order valence-electron chi connectivity index (χ2n) is 3.24. The molecule has 1 aliphatic heterocycles. The van der Waals surface area contributed by atoms with E-state index in [2.05, 4.69) is 26.2 Å². The Morgan fingerprint density at radius 1 is 1.31 bits per heavy atom. The highest BCUT2D eigenvalue weighted by Crippen LogP contribution is 2.36. The molecule has 6 heteroatoms. The first-order valence-corrected chi connectivity index (χ1v) is 7.29. The fourth-order valence-corrected chi connectivity index (χ4v) is 2.93. The smallest absolute Gasteiger partial charge is 0.161 e. The molecule has 0 fully saturated rings. The van der Waals surface area contributed by atoms with E-state index < -0.39 is 0 Å². The standard InChI is InChI=1S/C10H9BrCl2N2S/c11-6-2-3-7(9(13)8(6)12)15-10-14-4-1-5-16-10/h2-3H,1,4-5H2,(H,14,15). The van der Waals surface area contributed by atoms with Crippen molar-refractivity contribution in [2.75, 3.05) is 17.6 Å². The number of benzene rings is 1. The quantitative estimate of drug-likeness (QED) is 0.752. The van der Waals surface area contributed by atoms with Gasteiger partial charge in [0, 0.05) is 16.8 Å². The second kappa shape index (κ2) is 5.63. The molecule has 0 unspecified atom stereocenters. The molecule has 1 N–H and O–H groups in total. The third kappa shape index (κ3) is 2.86. The molecule has 0 spiro atoms. The van der Waals surface area contributed by atoms with Gasteiger partial charge >= 0.3 is 0 Å². The van der Waals surface area contributed by atoms with E-state index >= 15 is 0 Å². The Morgan fingerprint density at radius 2 is 2.12 bits per heavy atom. The van der Waals surface area contributed by atoms with Crippen LogP contribution in [0.4, 0.5) is 5.69 Å². The van der Waals surface area contributed by atoms with Crippen LogP contribution in [-0.2, 0) is 0 Å². The van der Waals surface area contributed by atoms with Gasteiger partial charge in [-0.3, -0.25) is 4.99 Å². The average molecular weight is 340 g/mol. The normalized spacial score (nSPS) is 15.8. The van der Waals surface area contributed by atoms with Crippen molar-refractivity contribution < 1.29 is 0 Å². The summed E-state index contributed by atoms with van der Waals surface area (Å²) in [6.45, 7) is 0.872. The molecule has 0 amide bonds. The molecule has 16 heavy (non-hydrogen) atoms. The number of nitrogens with zero attached hydrogens (tertiary/aromatic N) is 1. The predicted molar refractivity (Wildman–Crippen MR) is 77.2 cm³/mol. The first kappa shape index (κ1) is 12.6. The number of anilines is 1. The van der Waals surface area contributed by atoms with Crippen molar-refractivity contribution in [2.45, 2.75) is 6.42 Å². The molecule has 0 aromatic heterocycles. The summed E-state index contributed by atoms with van der Waals surface area (Å²) in [5, 5.41) is 5.14. The van der Waals surface area contributed by atoms with Gasteiger partial charge in [-0.15, -0.1) is 0 Å². The fraction of sp³-hybridized carbons (Fsp3) is 0.300. The number of nitrogens with one attached hydrogen (secondary N) is 1. The van der Waals surface area contributed by atoms with E-state index in [-0.39, 0.29) is 0 Å². The Morgan fingerprint density at radius 3 is 2.81 bits per heavy atom. The van der Waals surface area contributed by atoms with Crippen LogP contribution < -0.4 is 5.32 Å². The molecule has 1 aromatic rings. The molecule has 0 aliphatic carbocycles. The van der Waals surface area contributed by atoms with Crippen molar-refractivity contribution in [1.82, 2.24) is 0 Å². The third-order valence-electron chi connectivity index (χ3n) is 2.07.